The number of aromatic nitrogens is 12. The number of para-hydroxylation sites is 3. The second-order valence-electron chi connectivity index (χ2n) is 38.0. The Morgan fingerprint density at radius 2 is 0.571 bits per heavy atom. The van der Waals surface area contributed by atoms with Gasteiger partial charge in [0.1, 0.15) is 0 Å². The third-order valence-corrected chi connectivity index (χ3v) is 33.2. The van der Waals surface area contributed by atoms with E-state index in [1.54, 1.807) is 24.5 Å². The maximum atomic E-state index is 8.71. The Kier molecular flexibility index (Phi) is 17.9. The Bertz CT molecular complexity index is 11300. The second-order valence-corrected chi connectivity index (χ2v) is 41.2. The lowest BCUT2D eigenvalue weighted by atomic mass is 9.82. The number of pyridine rings is 3. The molecule has 0 aliphatic heterocycles. The molecule has 0 saturated heterocycles. The van der Waals surface area contributed by atoms with Gasteiger partial charge in [-0.2, -0.15) is 0 Å². The van der Waals surface area contributed by atoms with Gasteiger partial charge in [-0.25, -0.2) is 44.9 Å². The monoisotopic (exact) mass is 1930 g/mol. The molecule has 686 valence electrons. The second kappa shape index (κ2) is 33.3. The Morgan fingerprint density at radius 1 is 0.231 bits per heavy atom. The van der Waals surface area contributed by atoms with Crippen molar-refractivity contribution in [2.24, 2.45) is 0 Å². The fourth-order valence-electron chi connectivity index (χ4n) is 23.2. The van der Waals surface area contributed by atoms with E-state index in [2.05, 4.69) is 371 Å². The van der Waals surface area contributed by atoms with E-state index in [9.17, 15) is 0 Å². The minimum absolute atomic E-state index is 0.0136. The molecule has 0 amide bonds. The molecule has 32 rings (SSSR count). The van der Waals surface area contributed by atoms with E-state index in [1.807, 2.05) is 94.8 Å². The van der Waals surface area contributed by atoms with Gasteiger partial charge < -0.3 is 13.7 Å². The van der Waals surface area contributed by atoms with Crippen molar-refractivity contribution in [2.45, 2.75) is 19.3 Å². The zero-order valence-corrected chi connectivity index (χ0v) is 81.4. The highest BCUT2D eigenvalue weighted by molar-refractivity contribution is 7.28. The van der Waals surface area contributed by atoms with Gasteiger partial charge in [0.2, 0.25) is 0 Å². The standard InChI is InChI=1S/C50H32N4S.2C41H24N4S/c1-50(2)39-18-8-5-12-32(39)33-26-23-30(28-40(33)50)45-38-17-11-27-51-49(38)53-48(52-45)29-21-24-31(25-22-29)54-41-19-9-6-15-36(41)43-44-37-16-7-10-20-42(37)55-47(44)35-14-4-3-13-34(35)46(43)54;2*1-2-12-25(13-3-1)37-32-20-11-23-42-41(32)44-40(43-37)26-14-10-15-27(24-26)45-33-21-8-6-18-30(33)35-36-31-19-7-9-22-34(31)46-39(36)29-17-5-4-16-28(29)38(35)45/h3-28H,1-2H3;2*1-24H/i;1D,2D,3D,12D,13D;. The van der Waals surface area contributed by atoms with Crippen LogP contribution in [0.4, 0.5) is 0 Å². The maximum Gasteiger partial charge on any atom is 0.163 e. The van der Waals surface area contributed by atoms with E-state index in [0.717, 1.165) is 83.3 Å². The molecule has 31 aromatic rings. The lowest BCUT2D eigenvalue weighted by molar-refractivity contribution is 0.660. The molecule has 12 aromatic heterocycles. The number of fused-ring (bicyclic) bond motifs is 36. The first-order valence-corrected chi connectivity index (χ1v) is 51.6. The van der Waals surface area contributed by atoms with Gasteiger partial charge in [-0.05, 0) is 150 Å². The minimum Gasteiger partial charge on any atom is -0.309 e. The number of benzene rings is 19. The van der Waals surface area contributed by atoms with Gasteiger partial charge in [0.15, 0.2) is 34.4 Å². The zero-order valence-electron chi connectivity index (χ0n) is 83.9. The van der Waals surface area contributed by atoms with Crippen molar-refractivity contribution >= 4 is 225 Å². The molecule has 0 unspecified atom stereocenters. The normalized spacial score (nSPS) is 13.0. The molecular weight excluding hydrogens is 1850 g/mol. The first-order valence-electron chi connectivity index (χ1n) is 51.6. The number of rotatable bonds is 9. The van der Waals surface area contributed by atoms with Crippen molar-refractivity contribution in [3.8, 4) is 96.1 Å². The van der Waals surface area contributed by atoms with E-state index in [4.69, 9.17) is 41.7 Å². The van der Waals surface area contributed by atoms with Gasteiger partial charge in [-0.3, -0.25) is 0 Å². The van der Waals surface area contributed by atoms with Crippen molar-refractivity contribution in [2.75, 3.05) is 0 Å². The van der Waals surface area contributed by atoms with Crippen LogP contribution in [0, 0.1) is 0 Å². The molecule has 0 bridgehead atoms. The predicted molar refractivity (Wildman–Crippen MR) is 616 cm³/mol. The molecule has 12 heterocycles. The van der Waals surface area contributed by atoms with Crippen molar-refractivity contribution in [3.05, 3.63) is 460 Å². The third kappa shape index (κ3) is 13.1. The summed E-state index contributed by atoms with van der Waals surface area (Å²) < 4.78 is 57.2. The summed E-state index contributed by atoms with van der Waals surface area (Å²) in [6.45, 7) is 4.64. The Hall–Kier alpha value is -18.5. The molecule has 12 nitrogen and oxygen atoms in total. The molecule has 1 aliphatic carbocycles. The summed E-state index contributed by atoms with van der Waals surface area (Å²) in [6.07, 6.45) is 5.23. The van der Waals surface area contributed by atoms with Crippen LogP contribution in [0.25, 0.3) is 287 Å². The highest BCUT2D eigenvalue weighted by atomic mass is 32.1. The summed E-state index contributed by atoms with van der Waals surface area (Å²) in [6, 6.07) is 140. The maximum absolute atomic E-state index is 8.71. The topological polar surface area (TPSA) is 131 Å². The van der Waals surface area contributed by atoms with E-state index >= 15 is 0 Å². The molecule has 0 radical (unpaired) electrons. The molecule has 0 fully saturated rings. The molecule has 0 atom stereocenters. The minimum atomic E-state index is -0.454. The lowest BCUT2D eigenvalue weighted by Crippen LogP contribution is -2.15. The molecule has 19 aromatic carbocycles. The van der Waals surface area contributed by atoms with Crippen LogP contribution in [0.2, 0.25) is 0 Å². The molecule has 0 N–H and O–H groups in total. The van der Waals surface area contributed by atoms with Crippen molar-refractivity contribution in [3.63, 3.8) is 0 Å². The molecule has 147 heavy (non-hydrogen) atoms. The number of nitrogens with zero attached hydrogens (tertiary/aromatic N) is 12. The van der Waals surface area contributed by atoms with Crippen molar-refractivity contribution in [1.82, 2.24) is 58.6 Å². The van der Waals surface area contributed by atoms with Gasteiger partial charge in [0.05, 0.1) is 57.0 Å². The largest absolute Gasteiger partial charge is 0.309 e. The van der Waals surface area contributed by atoms with E-state index in [1.165, 1.54) is 159 Å². The molecule has 15 heteroatoms. The van der Waals surface area contributed by atoms with E-state index in [-0.39, 0.29) is 28.8 Å². The van der Waals surface area contributed by atoms with Crippen LogP contribution in [0.1, 0.15) is 31.8 Å². The quantitative estimate of drug-likeness (QED) is 0.139. The van der Waals surface area contributed by atoms with Crippen LogP contribution in [0.3, 0.4) is 0 Å². The fourth-order valence-corrected chi connectivity index (χ4v) is 27.0. The number of hydrogen-bond acceptors (Lipinski definition) is 12. The lowest BCUT2D eigenvalue weighted by Gasteiger charge is -2.22. The van der Waals surface area contributed by atoms with Crippen LogP contribution in [0.15, 0.2) is 449 Å². The van der Waals surface area contributed by atoms with Crippen molar-refractivity contribution in [1.29, 1.82) is 0 Å². The van der Waals surface area contributed by atoms with Gasteiger partial charge in [0.25, 0.3) is 0 Å². The van der Waals surface area contributed by atoms with Gasteiger partial charge in [-0.1, -0.05) is 317 Å². The van der Waals surface area contributed by atoms with Crippen molar-refractivity contribution < 1.29 is 6.85 Å². The highest BCUT2D eigenvalue weighted by Crippen LogP contribution is 2.55. The fraction of sp³-hybridized carbons (Fsp3) is 0.0227. The average Bonchev–Trinajstić information content (AvgIpc) is 1.54. The van der Waals surface area contributed by atoms with Crippen LogP contribution < -0.4 is 0 Å². The molecule has 1 aliphatic rings. The number of thiophene rings is 3. The van der Waals surface area contributed by atoms with Crippen LogP contribution in [0.5, 0.6) is 0 Å². The summed E-state index contributed by atoms with van der Waals surface area (Å²) >= 11 is 5.61. The highest BCUT2D eigenvalue weighted by Gasteiger charge is 2.37. The van der Waals surface area contributed by atoms with Gasteiger partial charge >= 0.3 is 0 Å². The van der Waals surface area contributed by atoms with E-state index < -0.39 is 18.1 Å². The van der Waals surface area contributed by atoms with Gasteiger partial charge in [-0.15, -0.1) is 34.0 Å². The summed E-state index contributed by atoms with van der Waals surface area (Å²) in [4.78, 5) is 44.1. The summed E-state index contributed by atoms with van der Waals surface area (Å²) in [7, 11) is 0. The summed E-state index contributed by atoms with van der Waals surface area (Å²) in [5.41, 5.74) is 23.7. The number of hydrogen-bond donors (Lipinski definition) is 0. The zero-order chi connectivity index (χ0) is 101. The molecular formula is C132H80N12S3. The van der Waals surface area contributed by atoms with Crippen LogP contribution in [-0.2, 0) is 5.41 Å². The summed E-state index contributed by atoms with van der Waals surface area (Å²) in [5, 5.41) is 25.1. The van der Waals surface area contributed by atoms with Crippen LogP contribution >= 0.6 is 34.0 Å². The van der Waals surface area contributed by atoms with Gasteiger partial charge in [0, 0.05) is 216 Å². The molecule has 0 saturated carbocycles. The Balaban J connectivity index is 0.000000105. The summed E-state index contributed by atoms with van der Waals surface area (Å²) in [5.74, 6) is 1.65. The Labute approximate surface area is 860 Å². The van der Waals surface area contributed by atoms with E-state index in [0.29, 0.717) is 45.4 Å². The Morgan fingerprint density at radius 3 is 1.02 bits per heavy atom. The van der Waals surface area contributed by atoms with Crippen LogP contribution in [-0.4, -0.2) is 58.6 Å². The first kappa shape index (κ1) is 79.1. The third-order valence-electron chi connectivity index (χ3n) is 29.6. The first-order chi connectivity index (χ1) is 74.8. The predicted octanol–water partition coefficient (Wildman–Crippen LogP) is 35.2. The average molecular weight is 1940 g/mol. The SMILES string of the molecule is CC1(C)c2ccccc2-c2ccc(-c3nc(-c4ccc(-n5c6ccccc6c6c7c8ccccc8sc7c7ccccc7c65)cc4)nc4ncccc34)cc21.[2H]c1c([2H])c([2H])c(-c2nc(-c3cccc(-n4c5ccccc5c5c6c7ccccc7sc6c6ccccc6c54)c3)nc3ncccc23)c([2H])c1[2H].c1ccc(-c2nc(-c3cccc(-n4c5ccccc5c5c6c7ccccc7sc6c6ccccc6c54)c3)nc3ncccc23)cc1. The molecule has 0 spiro atoms. The smallest absolute Gasteiger partial charge is 0.163 e.